The van der Waals surface area contributed by atoms with Gasteiger partial charge in [0.15, 0.2) is 6.10 Å². The Morgan fingerprint density at radius 3 is 1.05 bits per heavy atom. The van der Waals surface area contributed by atoms with Crippen LogP contribution in [-0.4, -0.2) is 37.2 Å². The van der Waals surface area contributed by atoms with E-state index in [1.165, 1.54) is 51.4 Å². The van der Waals surface area contributed by atoms with Crippen LogP contribution < -0.4 is 0 Å². The molecule has 0 spiro atoms. The van der Waals surface area contributed by atoms with Crippen LogP contribution in [0.15, 0.2) is 85.1 Å². The van der Waals surface area contributed by atoms with Gasteiger partial charge in [0, 0.05) is 19.3 Å². The van der Waals surface area contributed by atoms with Gasteiger partial charge in [-0.2, -0.15) is 0 Å². The number of allylic oxidation sites excluding steroid dienone is 14. The second kappa shape index (κ2) is 47.3. The minimum atomic E-state index is -0.798. The van der Waals surface area contributed by atoms with Gasteiger partial charge in [-0.05, 0) is 89.9 Å². The number of ether oxygens (including phenoxy) is 3. The van der Waals surface area contributed by atoms with Crippen LogP contribution in [0.3, 0.4) is 0 Å². The molecule has 6 heteroatoms. The van der Waals surface area contributed by atoms with Crippen LogP contribution in [-0.2, 0) is 28.6 Å². The lowest BCUT2D eigenvalue weighted by molar-refractivity contribution is -0.167. The fourth-order valence-electron chi connectivity index (χ4n) is 6.33. The molecule has 0 saturated heterocycles. The number of hydrogen-bond donors (Lipinski definition) is 0. The zero-order chi connectivity index (χ0) is 43.0. The third-order valence-electron chi connectivity index (χ3n) is 9.90. The van der Waals surface area contributed by atoms with Crippen LogP contribution in [0, 0.1) is 0 Å². The SMILES string of the molecule is CC/C=C\C/C=C\C/C=C\C/C=C\CCCCCC(=O)OCC(COC(=O)CCCCCCCCCCCCC)OC(=O)CCCCCC/C=C\C/C=C\C/C=C\CC. The Hall–Kier alpha value is -3.41. The molecule has 0 radical (unpaired) electrons. The smallest absolute Gasteiger partial charge is 0.306 e. The Balaban J connectivity index is 4.48. The Morgan fingerprint density at radius 1 is 0.356 bits per heavy atom. The van der Waals surface area contributed by atoms with E-state index in [4.69, 9.17) is 14.2 Å². The lowest BCUT2D eigenvalue weighted by Crippen LogP contribution is -2.30. The average Bonchev–Trinajstić information content (AvgIpc) is 3.23. The molecular weight excluding hydrogens is 733 g/mol. The van der Waals surface area contributed by atoms with Gasteiger partial charge in [0.2, 0.25) is 0 Å². The molecule has 1 unspecified atom stereocenters. The maximum atomic E-state index is 12.7. The maximum Gasteiger partial charge on any atom is 0.306 e. The van der Waals surface area contributed by atoms with Crippen molar-refractivity contribution in [2.45, 2.75) is 219 Å². The van der Waals surface area contributed by atoms with E-state index in [2.05, 4.69) is 106 Å². The molecule has 0 amide bonds. The van der Waals surface area contributed by atoms with Crippen molar-refractivity contribution in [1.29, 1.82) is 0 Å². The van der Waals surface area contributed by atoms with Gasteiger partial charge < -0.3 is 14.2 Å². The minimum Gasteiger partial charge on any atom is -0.462 e. The van der Waals surface area contributed by atoms with Crippen LogP contribution in [0.1, 0.15) is 213 Å². The predicted octanol–water partition coefficient (Wildman–Crippen LogP) is 15.6. The number of rotatable bonds is 42. The summed E-state index contributed by atoms with van der Waals surface area (Å²) in [6, 6.07) is 0. The van der Waals surface area contributed by atoms with Gasteiger partial charge in [0.1, 0.15) is 13.2 Å². The predicted molar refractivity (Wildman–Crippen MR) is 251 cm³/mol. The van der Waals surface area contributed by atoms with E-state index in [0.29, 0.717) is 19.3 Å². The van der Waals surface area contributed by atoms with Crippen LogP contribution >= 0.6 is 0 Å². The van der Waals surface area contributed by atoms with Gasteiger partial charge in [0.25, 0.3) is 0 Å². The molecule has 0 aliphatic carbocycles. The second-order valence-corrected chi connectivity index (χ2v) is 15.6. The van der Waals surface area contributed by atoms with Crippen molar-refractivity contribution in [2.75, 3.05) is 13.2 Å². The van der Waals surface area contributed by atoms with Gasteiger partial charge in [-0.1, -0.05) is 189 Å². The molecule has 0 aromatic carbocycles. The first-order valence-corrected chi connectivity index (χ1v) is 24.1. The van der Waals surface area contributed by atoms with Crippen molar-refractivity contribution in [3.63, 3.8) is 0 Å². The Morgan fingerprint density at radius 2 is 0.661 bits per heavy atom. The number of unbranched alkanes of at least 4 members (excludes halogenated alkanes) is 17. The van der Waals surface area contributed by atoms with E-state index in [1.807, 2.05) is 0 Å². The molecule has 0 aliphatic rings. The summed E-state index contributed by atoms with van der Waals surface area (Å²) in [7, 11) is 0. The maximum absolute atomic E-state index is 12.7. The number of esters is 3. The molecule has 0 rings (SSSR count). The highest BCUT2D eigenvalue weighted by Crippen LogP contribution is 2.14. The number of carbonyl (C=O) groups excluding carboxylic acids is 3. The lowest BCUT2D eigenvalue weighted by atomic mass is 10.1. The summed E-state index contributed by atoms with van der Waals surface area (Å²) < 4.78 is 16.7. The normalized spacial score (nSPS) is 12.8. The van der Waals surface area contributed by atoms with Crippen molar-refractivity contribution < 1.29 is 28.6 Å². The quantitative estimate of drug-likeness (QED) is 0.0264. The van der Waals surface area contributed by atoms with Crippen LogP contribution in [0.25, 0.3) is 0 Å². The lowest BCUT2D eigenvalue weighted by Gasteiger charge is -2.18. The van der Waals surface area contributed by atoms with Crippen LogP contribution in [0.4, 0.5) is 0 Å². The monoisotopic (exact) mass is 821 g/mol. The van der Waals surface area contributed by atoms with Gasteiger partial charge in [-0.15, -0.1) is 0 Å². The summed E-state index contributed by atoms with van der Waals surface area (Å²) >= 11 is 0. The molecular formula is C53H88O6. The molecule has 0 N–H and O–H groups in total. The van der Waals surface area contributed by atoms with Gasteiger partial charge in [-0.25, -0.2) is 0 Å². The van der Waals surface area contributed by atoms with E-state index >= 15 is 0 Å². The number of hydrogen-bond acceptors (Lipinski definition) is 6. The fraction of sp³-hybridized carbons (Fsp3) is 0.679. The summed E-state index contributed by atoms with van der Waals surface area (Å²) in [5.74, 6) is -0.955. The summed E-state index contributed by atoms with van der Waals surface area (Å²) in [6.45, 7) is 6.34. The average molecular weight is 821 g/mol. The van der Waals surface area contributed by atoms with E-state index in [-0.39, 0.29) is 31.1 Å². The Bertz CT molecular complexity index is 1170. The van der Waals surface area contributed by atoms with E-state index < -0.39 is 6.10 Å². The molecule has 0 saturated carbocycles. The Labute approximate surface area is 363 Å². The Kier molecular flexibility index (Phi) is 44.5. The van der Waals surface area contributed by atoms with Gasteiger partial charge in [0.05, 0.1) is 0 Å². The zero-order valence-electron chi connectivity index (χ0n) is 38.2. The highest BCUT2D eigenvalue weighted by atomic mass is 16.6. The molecule has 0 aliphatic heterocycles. The van der Waals surface area contributed by atoms with Crippen molar-refractivity contribution in [2.24, 2.45) is 0 Å². The van der Waals surface area contributed by atoms with Crippen molar-refractivity contribution in [1.82, 2.24) is 0 Å². The largest absolute Gasteiger partial charge is 0.462 e. The fourth-order valence-corrected chi connectivity index (χ4v) is 6.33. The third-order valence-corrected chi connectivity index (χ3v) is 9.90. The van der Waals surface area contributed by atoms with Crippen LogP contribution in [0.2, 0.25) is 0 Å². The molecule has 0 aromatic heterocycles. The zero-order valence-corrected chi connectivity index (χ0v) is 38.2. The van der Waals surface area contributed by atoms with Gasteiger partial charge in [-0.3, -0.25) is 14.4 Å². The van der Waals surface area contributed by atoms with Crippen molar-refractivity contribution >= 4 is 17.9 Å². The first-order valence-electron chi connectivity index (χ1n) is 24.1. The molecule has 59 heavy (non-hydrogen) atoms. The molecule has 0 bridgehead atoms. The van der Waals surface area contributed by atoms with E-state index in [9.17, 15) is 14.4 Å². The third kappa shape index (κ3) is 45.5. The molecule has 6 nitrogen and oxygen atoms in total. The molecule has 0 fully saturated rings. The summed E-state index contributed by atoms with van der Waals surface area (Å²) in [4.78, 5) is 37.8. The summed E-state index contributed by atoms with van der Waals surface area (Å²) in [5, 5.41) is 0. The number of carbonyl (C=O) groups is 3. The topological polar surface area (TPSA) is 78.9 Å². The molecule has 0 heterocycles. The summed E-state index contributed by atoms with van der Waals surface area (Å²) in [6.07, 6.45) is 59.9. The molecule has 1 atom stereocenters. The molecule has 0 aromatic rings. The molecule has 336 valence electrons. The van der Waals surface area contributed by atoms with Crippen molar-refractivity contribution in [3.8, 4) is 0 Å². The van der Waals surface area contributed by atoms with Gasteiger partial charge >= 0.3 is 17.9 Å². The van der Waals surface area contributed by atoms with Crippen LogP contribution in [0.5, 0.6) is 0 Å². The van der Waals surface area contributed by atoms with Crippen molar-refractivity contribution in [3.05, 3.63) is 85.1 Å². The van der Waals surface area contributed by atoms with E-state index in [0.717, 1.165) is 122 Å². The first-order chi connectivity index (χ1) is 29.0. The first kappa shape index (κ1) is 55.6. The van der Waals surface area contributed by atoms with E-state index in [1.54, 1.807) is 0 Å². The standard InChI is InChI=1S/C53H88O6/c1-4-7-10-13-16-19-22-24-26-27-29-31-34-37-40-43-46-52(55)58-49-50(48-57-51(54)45-42-39-36-33-30-21-18-15-12-9-6-3)59-53(56)47-44-41-38-35-32-28-25-23-20-17-14-11-8-5-2/h7-8,10-11,16-17,19-20,24-26,28-29,31,50H,4-6,9,12-15,18,21-23,27,30,32-49H2,1-3H3/b10-7-,11-8-,19-16-,20-17-,26-24-,28-25-,31-29-. The highest BCUT2D eigenvalue weighted by molar-refractivity contribution is 5.71. The highest BCUT2D eigenvalue weighted by Gasteiger charge is 2.19. The summed E-state index contributed by atoms with van der Waals surface area (Å²) in [5.41, 5.74) is 0. The second-order valence-electron chi connectivity index (χ2n) is 15.6. The minimum absolute atomic E-state index is 0.0955.